The SMILES string of the molecule is COc1cc(C=NNC(=O)c2ccccc2)cc(Cl)c1OCCOc1ccc(Br)cc1. The third-order valence-corrected chi connectivity index (χ3v) is 4.89. The first-order valence-electron chi connectivity index (χ1n) is 9.34. The molecule has 31 heavy (non-hydrogen) atoms. The normalized spacial score (nSPS) is 10.7. The number of rotatable bonds is 9. The Labute approximate surface area is 193 Å². The number of methoxy groups -OCH3 is 1. The zero-order chi connectivity index (χ0) is 22.1. The van der Waals surface area contributed by atoms with E-state index in [4.69, 9.17) is 25.8 Å². The lowest BCUT2D eigenvalue weighted by atomic mass is 10.2. The summed E-state index contributed by atoms with van der Waals surface area (Å²) in [5.41, 5.74) is 3.64. The van der Waals surface area contributed by atoms with E-state index in [1.54, 1.807) is 36.4 Å². The predicted octanol–water partition coefficient (Wildman–Crippen LogP) is 5.33. The molecule has 0 atom stereocenters. The highest BCUT2D eigenvalue weighted by molar-refractivity contribution is 9.10. The van der Waals surface area contributed by atoms with Crippen molar-refractivity contribution in [3.05, 3.63) is 87.4 Å². The van der Waals surface area contributed by atoms with Crippen molar-refractivity contribution in [2.75, 3.05) is 20.3 Å². The van der Waals surface area contributed by atoms with Crippen LogP contribution in [0, 0.1) is 0 Å². The molecule has 0 aliphatic rings. The van der Waals surface area contributed by atoms with Gasteiger partial charge in [-0.3, -0.25) is 4.79 Å². The summed E-state index contributed by atoms with van der Waals surface area (Å²) in [6, 6.07) is 19.7. The van der Waals surface area contributed by atoms with Gasteiger partial charge in [0.1, 0.15) is 19.0 Å². The average molecular weight is 504 g/mol. The third kappa shape index (κ3) is 6.73. The highest BCUT2D eigenvalue weighted by Gasteiger charge is 2.12. The molecule has 0 heterocycles. The summed E-state index contributed by atoms with van der Waals surface area (Å²) in [6.07, 6.45) is 1.48. The van der Waals surface area contributed by atoms with Crippen molar-refractivity contribution in [2.24, 2.45) is 5.10 Å². The second-order valence-corrected chi connectivity index (χ2v) is 7.57. The molecule has 0 saturated carbocycles. The fourth-order valence-corrected chi connectivity index (χ4v) is 3.15. The Morgan fingerprint density at radius 2 is 1.77 bits per heavy atom. The van der Waals surface area contributed by atoms with Gasteiger partial charge in [0.25, 0.3) is 5.91 Å². The van der Waals surface area contributed by atoms with Gasteiger partial charge in [-0.1, -0.05) is 45.7 Å². The lowest BCUT2D eigenvalue weighted by molar-refractivity contribution is 0.0955. The van der Waals surface area contributed by atoms with E-state index in [1.807, 2.05) is 30.3 Å². The van der Waals surface area contributed by atoms with E-state index >= 15 is 0 Å². The first-order chi connectivity index (χ1) is 15.1. The van der Waals surface area contributed by atoms with Crippen LogP contribution in [0.25, 0.3) is 0 Å². The molecule has 3 aromatic carbocycles. The maximum Gasteiger partial charge on any atom is 0.271 e. The van der Waals surface area contributed by atoms with Crippen molar-refractivity contribution in [3.8, 4) is 17.2 Å². The number of ether oxygens (including phenoxy) is 3. The Bertz CT molecular complexity index is 1040. The van der Waals surface area contributed by atoms with E-state index in [0.717, 1.165) is 10.2 Å². The molecule has 0 spiro atoms. The van der Waals surface area contributed by atoms with Crippen LogP contribution in [0.15, 0.2) is 76.3 Å². The maximum absolute atomic E-state index is 12.0. The first-order valence-corrected chi connectivity index (χ1v) is 10.5. The Morgan fingerprint density at radius 3 is 2.48 bits per heavy atom. The number of halogens is 2. The van der Waals surface area contributed by atoms with Crippen LogP contribution < -0.4 is 19.6 Å². The summed E-state index contributed by atoms with van der Waals surface area (Å²) in [5.74, 6) is 1.30. The predicted molar refractivity (Wildman–Crippen MR) is 125 cm³/mol. The number of carbonyl (C=O) groups is 1. The molecule has 0 aliphatic carbocycles. The molecule has 8 heteroatoms. The van der Waals surface area contributed by atoms with Gasteiger partial charge >= 0.3 is 0 Å². The summed E-state index contributed by atoms with van der Waals surface area (Å²) >= 11 is 9.75. The molecule has 0 fully saturated rings. The Morgan fingerprint density at radius 1 is 1.06 bits per heavy atom. The van der Waals surface area contributed by atoms with E-state index in [2.05, 4.69) is 26.5 Å². The molecular weight excluding hydrogens is 484 g/mol. The fraction of sp³-hybridized carbons (Fsp3) is 0.130. The average Bonchev–Trinajstić information content (AvgIpc) is 2.79. The second-order valence-electron chi connectivity index (χ2n) is 6.25. The number of nitrogens with zero attached hydrogens (tertiary/aromatic N) is 1. The molecule has 0 aromatic heterocycles. The van der Waals surface area contributed by atoms with Gasteiger partial charge in [-0.25, -0.2) is 5.43 Å². The van der Waals surface area contributed by atoms with Gasteiger partial charge in [0.05, 0.1) is 18.3 Å². The van der Waals surface area contributed by atoms with Crippen molar-refractivity contribution in [3.63, 3.8) is 0 Å². The van der Waals surface area contributed by atoms with Gasteiger partial charge in [-0.15, -0.1) is 0 Å². The zero-order valence-electron chi connectivity index (χ0n) is 16.7. The Kier molecular flexibility index (Phi) is 8.32. The van der Waals surface area contributed by atoms with Gasteiger partial charge in [-0.2, -0.15) is 5.10 Å². The molecule has 160 valence electrons. The summed E-state index contributed by atoms with van der Waals surface area (Å²) in [7, 11) is 1.52. The van der Waals surface area contributed by atoms with Crippen molar-refractivity contribution in [2.45, 2.75) is 0 Å². The minimum Gasteiger partial charge on any atom is -0.493 e. The van der Waals surface area contributed by atoms with Crippen LogP contribution in [-0.2, 0) is 0 Å². The summed E-state index contributed by atoms with van der Waals surface area (Å²) in [6.45, 7) is 0.628. The number of benzene rings is 3. The lowest BCUT2D eigenvalue weighted by Crippen LogP contribution is -2.17. The van der Waals surface area contributed by atoms with Gasteiger partial charge in [0.2, 0.25) is 0 Å². The van der Waals surface area contributed by atoms with Crippen molar-refractivity contribution in [1.29, 1.82) is 0 Å². The Hall–Kier alpha value is -3.03. The van der Waals surface area contributed by atoms with E-state index < -0.39 is 0 Å². The minimum absolute atomic E-state index is 0.284. The van der Waals surface area contributed by atoms with Crippen molar-refractivity contribution >= 4 is 39.7 Å². The molecule has 0 radical (unpaired) electrons. The largest absolute Gasteiger partial charge is 0.493 e. The highest BCUT2D eigenvalue weighted by Crippen LogP contribution is 2.36. The number of hydrogen-bond acceptors (Lipinski definition) is 5. The molecule has 0 bridgehead atoms. The van der Waals surface area contributed by atoms with Crippen LogP contribution in [-0.4, -0.2) is 32.4 Å². The van der Waals surface area contributed by atoms with Crippen LogP contribution in [0.1, 0.15) is 15.9 Å². The van der Waals surface area contributed by atoms with Gasteiger partial charge in [-0.05, 0) is 54.1 Å². The molecule has 3 aromatic rings. The van der Waals surface area contributed by atoms with Crippen LogP contribution in [0.2, 0.25) is 5.02 Å². The van der Waals surface area contributed by atoms with Gasteiger partial charge < -0.3 is 14.2 Å². The standard InChI is InChI=1S/C23H20BrClN2O4/c1-29-21-14-16(15-26-27-23(28)17-5-3-2-4-6-17)13-20(25)22(21)31-12-11-30-19-9-7-18(24)8-10-19/h2-10,13-15H,11-12H2,1H3,(H,27,28). The topological polar surface area (TPSA) is 69.2 Å². The molecule has 3 rings (SSSR count). The van der Waals surface area contributed by atoms with E-state index in [1.165, 1.54) is 13.3 Å². The number of hydrogen-bond donors (Lipinski definition) is 1. The lowest BCUT2D eigenvalue weighted by Gasteiger charge is -2.13. The molecule has 0 aliphatic heterocycles. The number of nitrogens with one attached hydrogen (secondary N) is 1. The van der Waals surface area contributed by atoms with Crippen LogP contribution in [0.4, 0.5) is 0 Å². The van der Waals surface area contributed by atoms with E-state index in [9.17, 15) is 4.79 Å². The summed E-state index contributed by atoms with van der Waals surface area (Å²) < 4.78 is 17.8. The number of carbonyl (C=O) groups excluding carboxylic acids is 1. The van der Waals surface area contributed by atoms with Crippen molar-refractivity contribution in [1.82, 2.24) is 5.43 Å². The van der Waals surface area contributed by atoms with Crippen LogP contribution in [0.3, 0.4) is 0 Å². The monoisotopic (exact) mass is 502 g/mol. The third-order valence-electron chi connectivity index (χ3n) is 4.08. The first kappa shape index (κ1) is 22.7. The molecule has 1 amide bonds. The number of amides is 1. The molecule has 1 N–H and O–H groups in total. The minimum atomic E-state index is -0.305. The van der Waals surface area contributed by atoms with Crippen molar-refractivity contribution < 1.29 is 19.0 Å². The van der Waals surface area contributed by atoms with Gasteiger partial charge in [0.15, 0.2) is 11.5 Å². The van der Waals surface area contributed by atoms with Crippen LogP contribution in [0.5, 0.6) is 17.2 Å². The summed E-state index contributed by atoms with van der Waals surface area (Å²) in [5, 5.41) is 4.34. The second kappa shape index (κ2) is 11.4. The summed E-state index contributed by atoms with van der Waals surface area (Å²) in [4.78, 5) is 12.0. The highest BCUT2D eigenvalue weighted by atomic mass is 79.9. The smallest absolute Gasteiger partial charge is 0.271 e. The Balaban J connectivity index is 1.57. The molecule has 6 nitrogen and oxygen atoms in total. The maximum atomic E-state index is 12.0. The molecule has 0 unspecified atom stereocenters. The number of hydrazone groups is 1. The fourth-order valence-electron chi connectivity index (χ4n) is 2.61. The van der Waals surface area contributed by atoms with Gasteiger partial charge in [0, 0.05) is 10.0 Å². The quantitative estimate of drug-likeness (QED) is 0.243. The molecular formula is C23H20BrClN2O4. The molecule has 0 saturated heterocycles. The van der Waals surface area contributed by atoms with E-state index in [0.29, 0.717) is 34.3 Å². The zero-order valence-corrected chi connectivity index (χ0v) is 19.0. The van der Waals surface area contributed by atoms with E-state index in [-0.39, 0.29) is 12.5 Å². The van der Waals surface area contributed by atoms with Crippen LogP contribution >= 0.6 is 27.5 Å².